The van der Waals surface area contributed by atoms with E-state index < -0.39 is 5.91 Å². The molecule has 5 nitrogen and oxygen atoms in total. The zero-order chi connectivity index (χ0) is 13.8. The van der Waals surface area contributed by atoms with Gasteiger partial charge in [0.2, 0.25) is 0 Å². The summed E-state index contributed by atoms with van der Waals surface area (Å²) in [5.41, 5.74) is 0.973. The van der Waals surface area contributed by atoms with E-state index in [1.807, 2.05) is 13.0 Å². The van der Waals surface area contributed by atoms with Gasteiger partial charge in [-0.1, -0.05) is 6.07 Å². The molecule has 1 aromatic heterocycles. The molecule has 5 heteroatoms. The second kappa shape index (κ2) is 5.39. The Labute approximate surface area is 110 Å². The number of hydrogen-bond donors (Lipinski definition) is 2. The van der Waals surface area contributed by atoms with E-state index in [1.54, 1.807) is 18.2 Å². The Kier molecular flexibility index (Phi) is 3.66. The molecule has 19 heavy (non-hydrogen) atoms. The summed E-state index contributed by atoms with van der Waals surface area (Å²) in [6.07, 6.45) is 0. The van der Waals surface area contributed by atoms with Gasteiger partial charge in [0, 0.05) is 11.8 Å². The van der Waals surface area contributed by atoms with Crippen LogP contribution in [-0.2, 0) is 0 Å². The zero-order valence-corrected chi connectivity index (χ0v) is 10.7. The van der Waals surface area contributed by atoms with E-state index in [2.05, 4.69) is 10.3 Å². The predicted octanol–water partition coefficient (Wildman–Crippen LogP) is 2.36. The summed E-state index contributed by atoms with van der Waals surface area (Å²) in [5, 5.41) is 12.4. The molecule has 0 saturated carbocycles. The first-order valence-electron chi connectivity index (χ1n) is 5.72. The summed E-state index contributed by atoms with van der Waals surface area (Å²) in [5.74, 6) is 0.380. The van der Waals surface area contributed by atoms with Gasteiger partial charge in [-0.05, 0) is 31.2 Å². The van der Waals surface area contributed by atoms with Crippen LogP contribution in [0, 0.1) is 6.92 Å². The number of hydrogen-bond acceptors (Lipinski definition) is 4. The number of ether oxygens (including phenoxy) is 1. The number of nitrogens with one attached hydrogen (secondary N) is 1. The van der Waals surface area contributed by atoms with Crippen molar-refractivity contribution in [3.8, 4) is 11.5 Å². The van der Waals surface area contributed by atoms with Gasteiger partial charge in [0.1, 0.15) is 17.3 Å². The zero-order valence-electron chi connectivity index (χ0n) is 10.7. The number of phenols is 1. The highest BCUT2D eigenvalue weighted by molar-refractivity contribution is 6.05. The average molecular weight is 258 g/mol. The van der Waals surface area contributed by atoms with Crippen LogP contribution in [0.3, 0.4) is 0 Å². The number of benzene rings is 1. The molecule has 0 spiro atoms. The van der Waals surface area contributed by atoms with E-state index >= 15 is 0 Å². The minimum Gasteiger partial charge on any atom is -0.507 e. The Balaban J connectivity index is 2.20. The smallest absolute Gasteiger partial charge is 0.260 e. The van der Waals surface area contributed by atoms with Crippen molar-refractivity contribution in [2.24, 2.45) is 0 Å². The molecule has 1 heterocycles. The van der Waals surface area contributed by atoms with Gasteiger partial charge in [-0.3, -0.25) is 4.79 Å². The fraction of sp³-hybridized carbons (Fsp3) is 0.143. The van der Waals surface area contributed by atoms with E-state index in [1.165, 1.54) is 19.2 Å². The number of aryl methyl sites for hydroxylation is 1. The van der Waals surface area contributed by atoms with Gasteiger partial charge in [-0.15, -0.1) is 0 Å². The molecule has 2 N–H and O–H groups in total. The molecule has 0 aliphatic heterocycles. The number of phenolic OH excluding ortho intramolecular Hbond substituents is 1. The monoisotopic (exact) mass is 258 g/mol. The van der Waals surface area contributed by atoms with Crippen molar-refractivity contribution in [3.05, 3.63) is 47.7 Å². The molecule has 98 valence electrons. The van der Waals surface area contributed by atoms with Crippen LogP contribution in [-0.4, -0.2) is 23.1 Å². The fourth-order valence-electron chi connectivity index (χ4n) is 1.63. The second-order valence-corrected chi connectivity index (χ2v) is 4.00. The van der Waals surface area contributed by atoms with Crippen molar-refractivity contribution in [1.82, 2.24) is 4.98 Å². The number of carbonyl (C=O) groups excluding carboxylic acids is 1. The van der Waals surface area contributed by atoms with Crippen LogP contribution in [0.1, 0.15) is 16.1 Å². The Morgan fingerprint density at radius 3 is 2.74 bits per heavy atom. The number of methoxy groups -OCH3 is 1. The summed E-state index contributed by atoms with van der Waals surface area (Å²) in [7, 11) is 1.49. The maximum absolute atomic E-state index is 12.0. The number of nitrogens with zero attached hydrogens (tertiary/aromatic N) is 1. The molecule has 0 saturated heterocycles. The second-order valence-electron chi connectivity index (χ2n) is 4.00. The third kappa shape index (κ3) is 3.01. The molecule has 0 aliphatic carbocycles. The van der Waals surface area contributed by atoms with E-state index in [-0.39, 0.29) is 11.3 Å². The number of pyridine rings is 1. The molecule has 2 rings (SSSR count). The Bertz CT molecular complexity index is 611. The molecule has 1 aromatic carbocycles. The first kappa shape index (κ1) is 12.9. The predicted molar refractivity (Wildman–Crippen MR) is 71.6 cm³/mol. The van der Waals surface area contributed by atoms with Crippen LogP contribution in [0.25, 0.3) is 0 Å². The van der Waals surface area contributed by atoms with Gasteiger partial charge >= 0.3 is 0 Å². The summed E-state index contributed by atoms with van der Waals surface area (Å²) in [6.45, 7) is 1.83. The van der Waals surface area contributed by atoms with E-state index in [4.69, 9.17) is 4.74 Å². The van der Waals surface area contributed by atoms with Gasteiger partial charge in [0.15, 0.2) is 0 Å². The summed E-state index contributed by atoms with van der Waals surface area (Å²) in [4.78, 5) is 16.2. The highest BCUT2D eigenvalue weighted by atomic mass is 16.5. The summed E-state index contributed by atoms with van der Waals surface area (Å²) in [6, 6.07) is 9.81. The van der Waals surface area contributed by atoms with Crippen LogP contribution in [0.2, 0.25) is 0 Å². The van der Waals surface area contributed by atoms with Gasteiger partial charge in [0.05, 0.1) is 12.7 Å². The number of amides is 1. The van der Waals surface area contributed by atoms with Crippen molar-refractivity contribution in [2.75, 3.05) is 12.4 Å². The Morgan fingerprint density at radius 1 is 1.32 bits per heavy atom. The third-order valence-corrected chi connectivity index (χ3v) is 2.58. The number of carbonyl (C=O) groups is 1. The summed E-state index contributed by atoms with van der Waals surface area (Å²) < 4.78 is 4.96. The minimum atomic E-state index is -0.418. The molecule has 0 fully saturated rings. The van der Waals surface area contributed by atoms with E-state index in [0.717, 1.165) is 5.69 Å². The molecule has 0 unspecified atom stereocenters. The Morgan fingerprint density at radius 2 is 2.11 bits per heavy atom. The lowest BCUT2D eigenvalue weighted by Crippen LogP contribution is -2.13. The van der Waals surface area contributed by atoms with Gasteiger partial charge < -0.3 is 15.2 Å². The molecule has 0 aliphatic rings. The topological polar surface area (TPSA) is 71.5 Å². The highest BCUT2D eigenvalue weighted by Crippen LogP contribution is 2.24. The molecular weight excluding hydrogens is 244 g/mol. The lowest BCUT2D eigenvalue weighted by atomic mass is 10.2. The number of rotatable bonds is 3. The molecule has 2 aromatic rings. The van der Waals surface area contributed by atoms with Gasteiger partial charge in [0.25, 0.3) is 5.91 Å². The van der Waals surface area contributed by atoms with Crippen molar-refractivity contribution >= 4 is 11.7 Å². The van der Waals surface area contributed by atoms with Crippen molar-refractivity contribution < 1.29 is 14.6 Å². The number of aromatic nitrogens is 1. The first-order valence-corrected chi connectivity index (χ1v) is 5.72. The average Bonchev–Trinajstić information content (AvgIpc) is 2.38. The van der Waals surface area contributed by atoms with Crippen LogP contribution in [0.4, 0.5) is 5.82 Å². The highest BCUT2D eigenvalue weighted by Gasteiger charge is 2.12. The van der Waals surface area contributed by atoms with Crippen LogP contribution < -0.4 is 10.1 Å². The number of aromatic hydroxyl groups is 1. The first-order chi connectivity index (χ1) is 9.10. The SMILES string of the molecule is COc1ccc(C(=O)Nc2cccc(C)n2)c(O)c1. The largest absolute Gasteiger partial charge is 0.507 e. The molecule has 0 bridgehead atoms. The van der Waals surface area contributed by atoms with Gasteiger partial charge in [-0.2, -0.15) is 0 Å². The van der Waals surface area contributed by atoms with Crippen molar-refractivity contribution in [1.29, 1.82) is 0 Å². The standard InChI is InChI=1S/C14H14N2O3/c1-9-4-3-5-13(15-9)16-14(18)11-7-6-10(19-2)8-12(11)17/h3-8,17H,1-2H3,(H,15,16,18). The maximum atomic E-state index is 12.0. The molecule has 1 amide bonds. The lowest BCUT2D eigenvalue weighted by molar-refractivity contribution is 0.102. The van der Waals surface area contributed by atoms with Crippen molar-refractivity contribution in [2.45, 2.75) is 6.92 Å². The molecular formula is C14H14N2O3. The normalized spacial score (nSPS) is 10.0. The van der Waals surface area contributed by atoms with Crippen LogP contribution >= 0.6 is 0 Å². The minimum absolute atomic E-state index is 0.135. The van der Waals surface area contributed by atoms with Crippen molar-refractivity contribution in [3.63, 3.8) is 0 Å². The fourth-order valence-corrected chi connectivity index (χ4v) is 1.63. The third-order valence-electron chi connectivity index (χ3n) is 2.58. The quantitative estimate of drug-likeness (QED) is 0.886. The van der Waals surface area contributed by atoms with Crippen LogP contribution in [0.5, 0.6) is 11.5 Å². The van der Waals surface area contributed by atoms with Crippen LogP contribution in [0.15, 0.2) is 36.4 Å². The maximum Gasteiger partial charge on any atom is 0.260 e. The van der Waals surface area contributed by atoms with E-state index in [9.17, 15) is 9.90 Å². The molecule has 0 radical (unpaired) electrons. The summed E-state index contributed by atoms with van der Waals surface area (Å²) >= 11 is 0. The Hall–Kier alpha value is -2.56. The van der Waals surface area contributed by atoms with E-state index in [0.29, 0.717) is 11.6 Å². The number of anilines is 1. The van der Waals surface area contributed by atoms with Gasteiger partial charge in [-0.25, -0.2) is 4.98 Å². The molecule has 0 atom stereocenters. The lowest BCUT2D eigenvalue weighted by Gasteiger charge is -2.08.